The SMILES string of the molecule is Cc1cc(C)nc(N2CCN(C(=NCCc3ccco3)NC(C)C)CC2)n1.I. The molecule has 1 aliphatic heterocycles. The summed E-state index contributed by atoms with van der Waals surface area (Å²) < 4.78 is 5.40. The lowest BCUT2D eigenvalue weighted by atomic mass is 10.3. The van der Waals surface area contributed by atoms with Crippen molar-refractivity contribution in [1.29, 1.82) is 0 Å². The first kappa shape index (κ1) is 22.4. The van der Waals surface area contributed by atoms with Crippen LogP contribution in [0.2, 0.25) is 0 Å². The molecule has 7 nitrogen and oxygen atoms in total. The summed E-state index contributed by atoms with van der Waals surface area (Å²) in [5, 5.41) is 3.50. The Balaban J connectivity index is 0.00000280. The first-order valence-electron chi connectivity index (χ1n) is 9.67. The Hall–Kier alpha value is -1.84. The van der Waals surface area contributed by atoms with Crippen molar-refractivity contribution < 1.29 is 4.42 Å². The van der Waals surface area contributed by atoms with Gasteiger partial charge < -0.3 is 19.5 Å². The highest BCUT2D eigenvalue weighted by Gasteiger charge is 2.22. The van der Waals surface area contributed by atoms with Crippen LogP contribution >= 0.6 is 24.0 Å². The van der Waals surface area contributed by atoms with E-state index >= 15 is 0 Å². The Kier molecular flexibility index (Phi) is 8.53. The quantitative estimate of drug-likeness (QED) is 0.389. The maximum absolute atomic E-state index is 5.40. The largest absolute Gasteiger partial charge is 0.469 e. The molecule has 8 heteroatoms. The van der Waals surface area contributed by atoms with Gasteiger partial charge in [0.25, 0.3) is 0 Å². The average molecular weight is 498 g/mol. The van der Waals surface area contributed by atoms with Gasteiger partial charge in [-0.2, -0.15) is 0 Å². The standard InChI is InChI=1S/C20H30N6O.HI/c1-15(2)22-19(21-8-7-18-6-5-13-27-18)25-9-11-26(12-10-25)20-23-16(3)14-17(4)24-20;/h5-6,13-15H,7-12H2,1-4H3,(H,21,22);1H. The topological polar surface area (TPSA) is 69.8 Å². The monoisotopic (exact) mass is 498 g/mol. The molecule has 0 atom stereocenters. The van der Waals surface area contributed by atoms with Gasteiger partial charge in [-0.3, -0.25) is 4.99 Å². The molecule has 0 saturated carbocycles. The summed E-state index contributed by atoms with van der Waals surface area (Å²) in [6.07, 6.45) is 2.52. The Morgan fingerprint density at radius 1 is 1.18 bits per heavy atom. The van der Waals surface area contributed by atoms with E-state index in [4.69, 9.17) is 9.41 Å². The molecule has 0 aliphatic carbocycles. The van der Waals surface area contributed by atoms with Crippen molar-refractivity contribution in [2.24, 2.45) is 4.99 Å². The van der Waals surface area contributed by atoms with Crippen LogP contribution in [-0.2, 0) is 6.42 Å². The minimum absolute atomic E-state index is 0. The molecule has 1 N–H and O–H groups in total. The Labute approximate surface area is 184 Å². The second-order valence-electron chi connectivity index (χ2n) is 7.26. The third-order valence-electron chi connectivity index (χ3n) is 4.45. The predicted molar refractivity (Wildman–Crippen MR) is 124 cm³/mol. The minimum Gasteiger partial charge on any atom is -0.469 e. The molecule has 0 aromatic carbocycles. The van der Waals surface area contributed by atoms with Gasteiger partial charge in [0.15, 0.2) is 5.96 Å². The van der Waals surface area contributed by atoms with E-state index in [1.807, 2.05) is 32.0 Å². The molecule has 0 amide bonds. The second-order valence-corrected chi connectivity index (χ2v) is 7.26. The first-order chi connectivity index (χ1) is 13.0. The summed E-state index contributed by atoms with van der Waals surface area (Å²) in [7, 11) is 0. The van der Waals surface area contributed by atoms with Gasteiger partial charge in [0.05, 0.1) is 6.26 Å². The molecule has 3 rings (SSSR count). The lowest BCUT2D eigenvalue weighted by Gasteiger charge is -2.37. The molecule has 0 unspecified atom stereocenters. The molecule has 2 aromatic rings. The zero-order valence-electron chi connectivity index (χ0n) is 17.2. The van der Waals surface area contributed by atoms with E-state index in [1.54, 1.807) is 6.26 Å². The first-order valence-corrected chi connectivity index (χ1v) is 9.67. The number of hydrogen-bond donors (Lipinski definition) is 1. The number of rotatable bonds is 5. The number of piperazine rings is 1. The van der Waals surface area contributed by atoms with Crippen LogP contribution in [0.15, 0.2) is 33.9 Å². The maximum Gasteiger partial charge on any atom is 0.225 e. The number of nitrogens with zero attached hydrogens (tertiary/aromatic N) is 5. The fourth-order valence-electron chi connectivity index (χ4n) is 3.19. The number of aryl methyl sites for hydroxylation is 2. The van der Waals surface area contributed by atoms with Gasteiger partial charge in [0.1, 0.15) is 5.76 Å². The molecule has 1 fully saturated rings. The fourth-order valence-corrected chi connectivity index (χ4v) is 3.19. The highest BCUT2D eigenvalue weighted by Crippen LogP contribution is 2.13. The smallest absolute Gasteiger partial charge is 0.225 e. The number of aliphatic imine (C=N–C) groups is 1. The van der Waals surface area contributed by atoms with Crippen LogP contribution in [0.3, 0.4) is 0 Å². The van der Waals surface area contributed by atoms with Crippen LogP contribution in [0.25, 0.3) is 0 Å². The highest BCUT2D eigenvalue weighted by atomic mass is 127. The number of furan rings is 1. The van der Waals surface area contributed by atoms with Crippen LogP contribution in [0.1, 0.15) is 31.0 Å². The van der Waals surface area contributed by atoms with Crippen molar-refractivity contribution in [3.63, 3.8) is 0 Å². The fraction of sp³-hybridized carbons (Fsp3) is 0.550. The molecule has 1 saturated heterocycles. The Bertz CT molecular complexity index is 734. The van der Waals surface area contributed by atoms with Gasteiger partial charge in [-0.1, -0.05) is 0 Å². The van der Waals surface area contributed by atoms with Gasteiger partial charge in [-0.05, 0) is 45.9 Å². The van der Waals surface area contributed by atoms with Crippen LogP contribution < -0.4 is 10.2 Å². The van der Waals surface area contributed by atoms with E-state index in [2.05, 4.69) is 38.9 Å². The normalized spacial score (nSPS) is 15.0. The van der Waals surface area contributed by atoms with E-state index in [0.29, 0.717) is 12.6 Å². The molecule has 28 heavy (non-hydrogen) atoms. The predicted octanol–water partition coefficient (Wildman–Crippen LogP) is 3.02. The maximum atomic E-state index is 5.40. The second kappa shape index (κ2) is 10.6. The van der Waals surface area contributed by atoms with Gasteiger partial charge in [0.2, 0.25) is 5.95 Å². The Morgan fingerprint density at radius 2 is 1.86 bits per heavy atom. The summed E-state index contributed by atoms with van der Waals surface area (Å²) >= 11 is 0. The number of nitrogens with one attached hydrogen (secondary N) is 1. The summed E-state index contributed by atoms with van der Waals surface area (Å²) in [4.78, 5) is 18.6. The Morgan fingerprint density at radius 3 is 2.43 bits per heavy atom. The van der Waals surface area contributed by atoms with Crippen molar-refractivity contribution in [1.82, 2.24) is 20.2 Å². The highest BCUT2D eigenvalue weighted by molar-refractivity contribution is 14.0. The minimum atomic E-state index is 0. The number of halogens is 1. The molecule has 154 valence electrons. The van der Waals surface area contributed by atoms with E-state index in [0.717, 1.165) is 61.7 Å². The zero-order valence-corrected chi connectivity index (χ0v) is 19.5. The summed E-state index contributed by atoms with van der Waals surface area (Å²) in [6.45, 7) is 12.6. The molecule has 0 spiro atoms. The molecular formula is C20H31IN6O. The number of anilines is 1. The van der Waals surface area contributed by atoms with Crippen molar-refractivity contribution in [2.75, 3.05) is 37.6 Å². The molecule has 3 heterocycles. The van der Waals surface area contributed by atoms with Crippen LogP contribution in [0.4, 0.5) is 5.95 Å². The van der Waals surface area contributed by atoms with E-state index < -0.39 is 0 Å². The van der Waals surface area contributed by atoms with Gasteiger partial charge in [-0.25, -0.2) is 9.97 Å². The third-order valence-corrected chi connectivity index (χ3v) is 4.45. The average Bonchev–Trinajstić information content (AvgIpc) is 3.13. The zero-order chi connectivity index (χ0) is 19.2. The molecule has 1 aliphatic rings. The summed E-state index contributed by atoms with van der Waals surface area (Å²) in [6, 6.07) is 6.26. The van der Waals surface area contributed by atoms with Gasteiger partial charge >= 0.3 is 0 Å². The van der Waals surface area contributed by atoms with E-state index in [9.17, 15) is 0 Å². The van der Waals surface area contributed by atoms with Crippen LogP contribution in [-0.4, -0.2) is 59.6 Å². The van der Waals surface area contributed by atoms with Crippen LogP contribution in [0, 0.1) is 13.8 Å². The number of aromatic nitrogens is 2. The number of guanidine groups is 1. The van der Waals surface area contributed by atoms with Crippen molar-refractivity contribution >= 4 is 35.9 Å². The van der Waals surface area contributed by atoms with E-state index in [1.165, 1.54) is 0 Å². The molecule has 0 radical (unpaired) electrons. The molecule has 0 bridgehead atoms. The summed E-state index contributed by atoms with van der Waals surface area (Å²) in [5.74, 6) is 2.78. The molecular weight excluding hydrogens is 467 g/mol. The summed E-state index contributed by atoms with van der Waals surface area (Å²) in [5.41, 5.74) is 2.03. The third kappa shape index (κ3) is 6.35. The van der Waals surface area contributed by atoms with Crippen molar-refractivity contribution in [2.45, 2.75) is 40.2 Å². The molecule has 2 aromatic heterocycles. The van der Waals surface area contributed by atoms with Crippen molar-refractivity contribution in [3.8, 4) is 0 Å². The van der Waals surface area contributed by atoms with Gasteiger partial charge in [-0.15, -0.1) is 24.0 Å². The van der Waals surface area contributed by atoms with Crippen LogP contribution in [0.5, 0.6) is 0 Å². The van der Waals surface area contributed by atoms with Gasteiger partial charge in [0, 0.05) is 56.6 Å². The van der Waals surface area contributed by atoms with E-state index in [-0.39, 0.29) is 24.0 Å². The lowest BCUT2D eigenvalue weighted by molar-refractivity contribution is 0.365. The van der Waals surface area contributed by atoms with Crippen molar-refractivity contribution in [3.05, 3.63) is 41.6 Å². The lowest BCUT2D eigenvalue weighted by Crippen LogP contribution is -2.54. The number of hydrogen-bond acceptors (Lipinski definition) is 5.